The Hall–Kier alpha value is -1.09. The maximum absolute atomic E-state index is 13.6. The van der Waals surface area contributed by atoms with Gasteiger partial charge in [0.2, 0.25) is 0 Å². The van der Waals surface area contributed by atoms with Crippen LogP contribution in [0.2, 0.25) is 0 Å². The number of rotatable bonds is 2. The first-order valence-corrected chi connectivity index (χ1v) is 5.06. The fourth-order valence-corrected chi connectivity index (χ4v) is 1.97. The van der Waals surface area contributed by atoms with Crippen LogP contribution in [0.15, 0.2) is 6.07 Å². The number of aliphatic hydroxyl groups is 1. The smallest absolute Gasteiger partial charge is 0.168 e. The Bertz CT molecular complexity index is 409. The van der Waals surface area contributed by atoms with Gasteiger partial charge in [-0.1, -0.05) is 0 Å². The third kappa shape index (κ3) is 1.51. The van der Waals surface area contributed by atoms with E-state index in [4.69, 9.17) is 4.74 Å². The predicted octanol–water partition coefficient (Wildman–Crippen LogP) is 2.43. The van der Waals surface area contributed by atoms with E-state index in [1.807, 2.05) is 0 Å². The summed E-state index contributed by atoms with van der Waals surface area (Å²) in [5.74, 6) is -0.0756. The first kappa shape index (κ1) is 10.4. The molecule has 0 aliphatic heterocycles. The fraction of sp³-hybridized carbons (Fsp3) is 0.500. The van der Waals surface area contributed by atoms with Gasteiger partial charge in [-0.3, -0.25) is 0 Å². The second kappa shape index (κ2) is 3.20. The molecule has 0 atom stereocenters. The van der Waals surface area contributed by atoms with Crippen LogP contribution in [0.1, 0.15) is 29.5 Å². The Balaban J connectivity index is 2.62. The second-order valence-corrected chi connectivity index (χ2v) is 4.24. The molecule has 0 unspecified atom stereocenters. The third-order valence-corrected chi connectivity index (χ3v) is 3.08. The summed E-state index contributed by atoms with van der Waals surface area (Å²) in [5.41, 5.74) is 1.29. The number of ether oxygens (including phenoxy) is 1. The van der Waals surface area contributed by atoms with Gasteiger partial charge in [0.15, 0.2) is 11.6 Å². The monoisotopic (exact) mass is 210 g/mol. The topological polar surface area (TPSA) is 29.5 Å². The zero-order valence-corrected chi connectivity index (χ0v) is 9.22. The van der Waals surface area contributed by atoms with Crippen molar-refractivity contribution in [3.63, 3.8) is 0 Å². The summed E-state index contributed by atoms with van der Waals surface area (Å²) in [4.78, 5) is 0. The molecule has 0 spiro atoms. The van der Waals surface area contributed by atoms with Crippen LogP contribution in [0.25, 0.3) is 0 Å². The number of methoxy groups -OCH3 is 1. The first-order chi connectivity index (χ1) is 6.99. The van der Waals surface area contributed by atoms with Gasteiger partial charge in [-0.05, 0) is 43.9 Å². The van der Waals surface area contributed by atoms with E-state index >= 15 is 0 Å². The van der Waals surface area contributed by atoms with E-state index in [2.05, 4.69) is 0 Å². The molecule has 1 N–H and O–H groups in total. The molecule has 15 heavy (non-hydrogen) atoms. The summed E-state index contributed by atoms with van der Waals surface area (Å²) in [7, 11) is 1.45. The van der Waals surface area contributed by atoms with Crippen LogP contribution in [0.4, 0.5) is 4.39 Å². The Kier molecular flexibility index (Phi) is 2.23. The highest BCUT2D eigenvalue weighted by atomic mass is 19.1. The first-order valence-electron chi connectivity index (χ1n) is 5.06. The summed E-state index contributed by atoms with van der Waals surface area (Å²) in [6, 6.07) is 1.72. The molecule has 2 rings (SSSR count). The van der Waals surface area contributed by atoms with Gasteiger partial charge < -0.3 is 9.84 Å². The quantitative estimate of drug-likeness (QED) is 0.812. The molecule has 1 aliphatic carbocycles. The molecule has 0 aromatic heterocycles. The van der Waals surface area contributed by atoms with Gasteiger partial charge in [0.25, 0.3) is 0 Å². The largest absolute Gasteiger partial charge is 0.493 e. The van der Waals surface area contributed by atoms with E-state index in [1.54, 1.807) is 19.9 Å². The molecular formula is C12H15FO2. The normalized spacial score (nSPS) is 17.7. The minimum Gasteiger partial charge on any atom is -0.493 e. The molecule has 1 aromatic rings. The van der Waals surface area contributed by atoms with Crippen molar-refractivity contribution >= 4 is 0 Å². The summed E-state index contributed by atoms with van der Waals surface area (Å²) in [6.45, 7) is 3.47. The number of benzene rings is 1. The Morgan fingerprint density at radius 2 is 2.00 bits per heavy atom. The number of aryl methyl sites for hydroxylation is 1. The molecule has 0 amide bonds. The van der Waals surface area contributed by atoms with Crippen molar-refractivity contribution in [1.82, 2.24) is 0 Å². The highest BCUT2D eigenvalue weighted by molar-refractivity contribution is 5.48. The Labute approximate surface area is 88.7 Å². The molecular weight excluding hydrogens is 195 g/mol. The van der Waals surface area contributed by atoms with Crippen LogP contribution in [0.5, 0.6) is 5.75 Å². The van der Waals surface area contributed by atoms with Crippen LogP contribution in [0, 0.1) is 19.7 Å². The fourth-order valence-electron chi connectivity index (χ4n) is 1.97. The second-order valence-electron chi connectivity index (χ2n) is 4.24. The molecule has 0 saturated heterocycles. The molecule has 0 heterocycles. The highest BCUT2D eigenvalue weighted by Crippen LogP contribution is 2.48. The van der Waals surface area contributed by atoms with E-state index < -0.39 is 5.60 Å². The SMILES string of the molecule is COc1c(C)c(C2(O)CC2)cc(C)c1F. The summed E-state index contributed by atoms with van der Waals surface area (Å²) in [5, 5.41) is 10.0. The van der Waals surface area contributed by atoms with Crippen molar-refractivity contribution in [3.05, 3.63) is 28.6 Å². The standard InChI is InChI=1S/C12H15FO2/c1-7-6-9(12(14)4-5-12)8(2)11(15-3)10(7)13/h6,14H,4-5H2,1-3H3. The minimum absolute atomic E-state index is 0.255. The molecule has 1 fully saturated rings. The molecule has 1 saturated carbocycles. The third-order valence-electron chi connectivity index (χ3n) is 3.08. The van der Waals surface area contributed by atoms with Crippen molar-refractivity contribution in [2.45, 2.75) is 32.3 Å². The van der Waals surface area contributed by atoms with Crippen molar-refractivity contribution in [2.75, 3.05) is 7.11 Å². The van der Waals surface area contributed by atoms with Crippen molar-refractivity contribution in [2.24, 2.45) is 0 Å². The number of hydrogen-bond donors (Lipinski definition) is 1. The zero-order chi connectivity index (χ0) is 11.2. The molecule has 0 radical (unpaired) electrons. The van der Waals surface area contributed by atoms with E-state index in [1.165, 1.54) is 7.11 Å². The molecule has 82 valence electrons. The van der Waals surface area contributed by atoms with E-state index in [-0.39, 0.29) is 11.6 Å². The molecule has 0 bridgehead atoms. The van der Waals surface area contributed by atoms with Gasteiger partial charge in [-0.25, -0.2) is 4.39 Å². The molecule has 1 aliphatic rings. The lowest BCUT2D eigenvalue weighted by Gasteiger charge is -2.17. The summed E-state index contributed by atoms with van der Waals surface area (Å²) < 4.78 is 18.7. The van der Waals surface area contributed by atoms with Crippen molar-refractivity contribution in [1.29, 1.82) is 0 Å². The van der Waals surface area contributed by atoms with Crippen LogP contribution in [0.3, 0.4) is 0 Å². The van der Waals surface area contributed by atoms with Crippen molar-refractivity contribution < 1.29 is 14.2 Å². The Morgan fingerprint density at radius 1 is 1.40 bits per heavy atom. The van der Waals surface area contributed by atoms with Gasteiger partial charge in [0.05, 0.1) is 12.7 Å². The van der Waals surface area contributed by atoms with Crippen LogP contribution >= 0.6 is 0 Å². The molecule has 2 nitrogen and oxygen atoms in total. The number of hydrogen-bond acceptors (Lipinski definition) is 2. The van der Waals surface area contributed by atoms with Crippen LogP contribution in [-0.4, -0.2) is 12.2 Å². The van der Waals surface area contributed by atoms with Crippen molar-refractivity contribution in [3.8, 4) is 5.75 Å². The predicted molar refractivity (Wildman–Crippen MR) is 55.6 cm³/mol. The van der Waals surface area contributed by atoms with Gasteiger partial charge >= 0.3 is 0 Å². The number of halogens is 1. The zero-order valence-electron chi connectivity index (χ0n) is 9.22. The van der Waals surface area contributed by atoms with E-state index in [0.717, 1.165) is 18.4 Å². The molecule has 3 heteroatoms. The maximum Gasteiger partial charge on any atom is 0.168 e. The average Bonchev–Trinajstić information content (AvgIpc) is 2.92. The van der Waals surface area contributed by atoms with Gasteiger partial charge in [-0.15, -0.1) is 0 Å². The average molecular weight is 210 g/mol. The van der Waals surface area contributed by atoms with Gasteiger partial charge in [-0.2, -0.15) is 0 Å². The van der Waals surface area contributed by atoms with E-state index in [0.29, 0.717) is 11.1 Å². The lowest BCUT2D eigenvalue weighted by molar-refractivity contribution is 0.150. The lowest BCUT2D eigenvalue weighted by atomic mass is 9.97. The highest BCUT2D eigenvalue weighted by Gasteiger charge is 2.44. The van der Waals surface area contributed by atoms with Crippen LogP contribution < -0.4 is 4.74 Å². The summed E-state index contributed by atoms with van der Waals surface area (Å²) in [6.07, 6.45) is 1.50. The van der Waals surface area contributed by atoms with E-state index in [9.17, 15) is 9.50 Å². The van der Waals surface area contributed by atoms with Crippen LogP contribution in [-0.2, 0) is 5.60 Å². The van der Waals surface area contributed by atoms with Gasteiger partial charge in [0.1, 0.15) is 0 Å². The Morgan fingerprint density at radius 3 is 2.47 bits per heavy atom. The minimum atomic E-state index is -0.740. The lowest BCUT2D eigenvalue weighted by Crippen LogP contribution is -2.09. The van der Waals surface area contributed by atoms with Gasteiger partial charge in [0, 0.05) is 5.56 Å². The molecule has 1 aromatic carbocycles. The summed E-state index contributed by atoms with van der Waals surface area (Å²) >= 11 is 0. The maximum atomic E-state index is 13.6.